The predicted octanol–water partition coefficient (Wildman–Crippen LogP) is 4.43. The first-order valence-corrected chi connectivity index (χ1v) is 11.5. The van der Waals surface area contributed by atoms with Gasteiger partial charge < -0.3 is 10.1 Å². The van der Waals surface area contributed by atoms with Crippen molar-refractivity contribution in [3.8, 4) is 5.75 Å². The topological polar surface area (TPSA) is 75.7 Å². The number of anilines is 1. The van der Waals surface area contributed by atoms with Gasteiger partial charge in [0.05, 0.1) is 22.2 Å². The Balaban J connectivity index is 1.61. The van der Waals surface area contributed by atoms with Gasteiger partial charge in [0.15, 0.2) is 0 Å². The highest BCUT2D eigenvalue weighted by atomic mass is 35.5. The number of halogens is 2. The van der Waals surface area contributed by atoms with E-state index in [-0.39, 0.29) is 29.8 Å². The molecule has 29 heavy (non-hydrogen) atoms. The number of hydrogen-bond donors (Lipinski definition) is 1. The molecule has 1 aliphatic heterocycles. The van der Waals surface area contributed by atoms with Gasteiger partial charge in [-0.15, -0.1) is 0 Å². The van der Waals surface area contributed by atoms with Crippen LogP contribution in [0.5, 0.6) is 5.75 Å². The lowest BCUT2D eigenvalue weighted by Gasteiger charge is -2.30. The number of carbonyl (C=O) groups is 1. The molecule has 1 saturated heterocycles. The van der Waals surface area contributed by atoms with Crippen molar-refractivity contribution in [3.05, 3.63) is 52.5 Å². The van der Waals surface area contributed by atoms with Crippen LogP contribution in [0.3, 0.4) is 0 Å². The second-order valence-corrected chi connectivity index (χ2v) is 9.48. The number of ether oxygens (including phenoxy) is 1. The average molecular weight is 457 g/mol. The van der Waals surface area contributed by atoms with Crippen molar-refractivity contribution in [1.29, 1.82) is 0 Å². The normalized spacial score (nSPS) is 15.8. The smallest absolute Gasteiger partial charge is 0.243 e. The highest BCUT2D eigenvalue weighted by Gasteiger charge is 2.32. The Morgan fingerprint density at radius 3 is 2.38 bits per heavy atom. The first-order valence-electron chi connectivity index (χ1n) is 9.30. The van der Waals surface area contributed by atoms with Gasteiger partial charge in [-0.05, 0) is 62.2 Å². The quantitative estimate of drug-likeness (QED) is 0.697. The van der Waals surface area contributed by atoms with Gasteiger partial charge in [-0.2, -0.15) is 4.31 Å². The molecular weight excluding hydrogens is 435 g/mol. The fraction of sp³-hybridized carbons (Fsp3) is 0.350. The molecule has 156 valence electrons. The highest BCUT2D eigenvalue weighted by molar-refractivity contribution is 7.89. The molecule has 0 saturated carbocycles. The van der Waals surface area contributed by atoms with Crippen LogP contribution in [0, 0.1) is 5.92 Å². The zero-order chi connectivity index (χ0) is 21.0. The molecule has 1 N–H and O–H groups in total. The fourth-order valence-corrected chi connectivity index (χ4v) is 5.13. The van der Waals surface area contributed by atoms with Crippen LogP contribution in [-0.4, -0.2) is 38.3 Å². The van der Waals surface area contributed by atoms with Crippen LogP contribution in [0.25, 0.3) is 0 Å². The van der Waals surface area contributed by atoms with E-state index in [1.54, 1.807) is 42.5 Å². The summed E-state index contributed by atoms with van der Waals surface area (Å²) in [5.74, 6) is 0.170. The standard InChI is InChI=1S/C20H22Cl2N2O4S/c1-2-28-16-4-6-17(7-5-16)29(26,27)24-11-9-14(10-12-24)20(25)23-19-8-3-15(21)13-18(19)22/h3-8,13-14H,2,9-12H2,1H3,(H,23,25). The van der Waals surface area contributed by atoms with E-state index in [1.807, 2.05) is 6.92 Å². The molecule has 0 aliphatic carbocycles. The molecule has 1 fully saturated rings. The van der Waals surface area contributed by atoms with Crippen molar-refractivity contribution in [2.75, 3.05) is 25.0 Å². The summed E-state index contributed by atoms with van der Waals surface area (Å²) in [7, 11) is -3.60. The molecule has 0 aromatic heterocycles. The molecule has 1 aliphatic rings. The Morgan fingerprint density at radius 2 is 1.79 bits per heavy atom. The third kappa shape index (κ3) is 5.22. The van der Waals surface area contributed by atoms with E-state index in [9.17, 15) is 13.2 Å². The summed E-state index contributed by atoms with van der Waals surface area (Å²) in [6, 6.07) is 11.2. The van der Waals surface area contributed by atoms with Crippen LogP contribution in [0.15, 0.2) is 47.4 Å². The van der Waals surface area contributed by atoms with Crippen molar-refractivity contribution in [1.82, 2.24) is 4.31 Å². The molecular formula is C20H22Cl2N2O4S. The Bertz CT molecular complexity index is 972. The van der Waals surface area contributed by atoms with Gasteiger partial charge in [-0.1, -0.05) is 23.2 Å². The van der Waals surface area contributed by atoms with Gasteiger partial charge in [-0.25, -0.2) is 8.42 Å². The summed E-state index contributed by atoms with van der Waals surface area (Å²) < 4.78 is 32.5. The number of nitrogens with zero attached hydrogens (tertiary/aromatic N) is 1. The van der Waals surface area contributed by atoms with E-state index in [1.165, 1.54) is 4.31 Å². The van der Waals surface area contributed by atoms with Crippen LogP contribution in [0.4, 0.5) is 5.69 Å². The Hall–Kier alpha value is -1.80. The van der Waals surface area contributed by atoms with E-state index < -0.39 is 10.0 Å². The summed E-state index contributed by atoms with van der Waals surface area (Å²) in [6.07, 6.45) is 0.876. The SMILES string of the molecule is CCOc1ccc(S(=O)(=O)N2CCC(C(=O)Nc3ccc(Cl)cc3Cl)CC2)cc1. The minimum atomic E-state index is -3.60. The molecule has 0 unspecified atom stereocenters. The van der Waals surface area contributed by atoms with Gasteiger partial charge in [0.1, 0.15) is 5.75 Å². The number of sulfonamides is 1. The Labute approximate surface area is 180 Å². The van der Waals surface area contributed by atoms with Gasteiger partial charge in [-0.3, -0.25) is 4.79 Å². The zero-order valence-corrected chi connectivity index (χ0v) is 18.2. The van der Waals surface area contributed by atoms with Crippen LogP contribution in [0.2, 0.25) is 10.0 Å². The molecule has 2 aromatic rings. The number of carbonyl (C=O) groups excluding carboxylic acids is 1. The third-order valence-electron chi connectivity index (χ3n) is 4.79. The summed E-state index contributed by atoms with van der Waals surface area (Å²) in [6.45, 7) is 2.94. The molecule has 6 nitrogen and oxygen atoms in total. The number of hydrogen-bond acceptors (Lipinski definition) is 4. The maximum atomic E-state index is 12.9. The largest absolute Gasteiger partial charge is 0.494 e. The molecule has 0 radical (unpaired) electrons. The van der Waals surface area contributed by atoms with E-state index in [2.05, 4.69) is 5.32 Å². The van der Waals surface area contributed by atoms with Gasteiger partial charge in [0.2, 0.25) is 15.9 Å². The van der Waals surface area contributed by atoms with Gasteiger partial charge >= 0.3 is 0 Å². The number of rotatable bonds is 6. The molecule has 9 heteroatoms. The fourth-order valence-electron chi connectivity index (χ4n) is 3.21. The highest BCUT2D eigenvalue weighted by Crippen LogP contribution is 2.29. The van der Waals surface area contributed by atoms with Crippen molar-refractivity contribution in [2.45, 2.75) is 24.7 Å². The van der Waals surface area contributed by atoms with Crippen molar-refractivity contribution in [3.63, 3.8) is 0 Å². The van der Waals surface area contributed by atoms with E-state index in [0.717, 1.165) is 0 Å². The second kappa shape index (κ2) is 9.34. The summed E-state index contributed by atoms with van der Waals surface area (Å²) in [5, 5.41) is 3.65. The molecule has 2 aromatic carbocycles. The first kappa shape index (κ1) is 21.9. The summed E-state index contributed by atoms with van der Waals surface area (Å²) in [4.78, 5) is 12.8. The number of amides is 1. The monoisotopic (exact) mass is 456 g/mol. The number of nitrogens with one attached hydrogen (secondary N) is 1. The minimum Gasteiger partial charge on any atom is -0.494 e. The van der Waals surface area contributed by atoms with Crippen LogP contribution < -0.4 is 10.1 Å². The van der Waals surface area contributed by atoms with Gasteiger partial charge in [0, 0.05) is 24.0 Å². The molecule has 0 spiro atoms. The Morgan fingerprint density at radius 1 is 1.14 bits per heavy atom. The van der Waals surface area contributed by atoms with E-state index in [0.29, 0.717) is 40.9 Å². The molecule has 0 bridgehead atoms. The molecule has 3 rings (SSSR count). The zero-order valence-electron chi connectivity index (χ0n) is 15.9. The lowest BCUT2D eigenvalue weighted by Crippen LogP contribution is -2.41. The lowest BCUT2D eigenvalue weighted by molar-refractivity contribution is -0.120. The maximum absolute atomic E-state index is 12.9. The van der Waals surface area contributed by atoms with Gasteiger partial charge in [0.25, 0.3) is 0 Å². The average Bonchev–Trinajstić information content (AvgIpc) is 2.71. The molecule has 0 atom stereocenters. The second-order valence-electron chi connectivity index (χ2n) is 6.70. The third-order valence-corrected chi connectivity index (χ3v) is 7.25. The summed E-state index contributed by atoms with van der Waals surface area (Å²) >= 11 is 12.0. The van der Waals surface area contributed by atoms with Crippen LogP contribution >= 0.6 is 23.2 Å². The lowest BCUT2D eigenvalue weighted by atomic mass is 9.97. The van der Waals surface area contributed by atoms with Crippen LogP contribution in [-0.2, 0) is 14.8 Å². The van der Waals surface area contributed by atoms with Crippen molar-refractivity contribution < 1.29 is 17.9 Å². The summed E-state index contributed by atoms with van der Waals surface area (Å²) in [5.41, 5.74) is 0.491. The number of benzene rings is 2. The molecule has 1 amide bonds. The first-order chi connectivity index (χ1) is 13.8. The minimum absolute atomic E-state index is 0.174. The van der Waals surface area contributed by atoms with Crippen molar-refractivity contribution in [2.24, 2.45) is 5.92 Å². The Kier molecular flexibility index (Phi) is 7.05. The number of piperidine rings is 1. The van der Waals surface area contributed by atoms with E-state index in [4.69, 9.17) is 27.9 Å². The predicted molar refractivity (Wildman–Crippen MR) is 114 cm³/mol. The van der Waals surface area contributed by atoms with E-state index >= 15 is 0 Å². The maximum Gasteiger partial charge on any atom is 0.243 e. The van der Waals surface area contributed by atoms with Crippen LogP contribution in [0.1, 0.15) is 19.8 Å². The van der Waals surface area contributed by atoms with Crippen molar-refractivity contribution >= 4 is 44.8 Å². The molecule has 1 heterocycles.